The SMILES string of the molecule is Cc1nn(Cc2ccc(C(=O)N3CCc4[nH]c5ccccc5c4C3)cc2)c(C)c1[N+](=O)[O-]. The Labute approximate surface area is 184 Å². The molecule has 1 amide bonds. The molecule has 0 fully saturated rings. The molecule has 0 unspecified atom stereocenters. The van der Waals surface area contributed by atoms with Gasteiger partial charge in [-0.1, -0.05) is 30.3 Å². The summed E-state index contributed by atoms with van der Waals surface area (Å²) in [6, 6.07) is 15.6. The van der Waals surface area contributed by atoms with Crippen molar-refractivity contribution in [2.24, 2.45) is 0 Å². The third-order valence-corrected chi connectivity index (χ3v) is 6.23. The lowest BCUT2D eigenvalue weighted by molar-refractivity contribution is -0.386. The first-order valence-corrected chi connectivity index (χ1v) is 10.6. The zero-order valence-corrected chi connectivity index (χ0v) is 18.0. The van der Waals surface area contributed by atoms with E-state index in [4.69, 9.17) is 0 Å². The lowest BCUT2D eigenvalue weighted by Crippen LogP contribution is -2.35. The van der Waals surface area contributed by atoms with E-state index in [0.717, 1.165) is 17.5 Å². The molecule has 32 heavy (non-hydrogen) atoms. The van der Waals surface area contributed by atoms with Crippen LogP contribution in [0.25, 0.3) is 10.9 Å². The number of aryl methyl sites for hydroxylation is 1. The van der Waals surface area contributed by atoms with Crippen LogP contribution in [0.2, 0.25) is 0 Å². The summed E-state index contributed by atoms with van der Waals surface area (Å²) in [7, 11) is 0. The molecule has 0 saturated heterocycles. The van der Waals surface area contributed by atoms with Crippen molar-refractivity contribution in [1.82, 2.24) is 19.7 Å². The molecule has 3 heterocycles. The number of H-pyrrole nitrogens is 1. The fraction of sp³-hybridized carbons (Fsp3) is 0.250. The van der Waals surface area contributed by atoms with E-state index in [0.29, 0.717) is 36.6 Å². The number of nitro groups is 1. The van der Waals surface area contributed by atoms with Gasteiger partial charge in [0.1, 0.15) is 11.4 Å². The second-order valence-corrected chi connectivity index (χ2v) is 8.24. The fourth-order valence-electron chi connectivity index (χ4n) is 4.55. The van der Waals surface area contributed by atoms with Gasteiger partial charge >= 0.3 is 5.69 Å². The highest BCUT2D eigenvalue weighted by molar-refractivity contribution is 5.95. The summed E-state index contributed by atoms with van der Waals surface area (Å²) in [5.41, 5.74) is 6.07. The first-order chi connectivity index (χ1) is 15.4. The van der Waals surface area contributed by atoms with Gasteiger partial charge < -0.3 is 9.88 Å². The van der Waals surface area contributed by atoms with Gasteiger partial charge in [-0.2, -0.15) is 5.10 Å². The Morgan fingerprint density at radius 3 is 2.62 bits per heavy atom. The largest absolute Gasteiger partial charge is 0.358 e. The van der Waals surface area contributed by atoms with Crippen LogP contribution in [0.1, 0.15) is 38.6 Å². The Bertz CT molecular complexity index is 1350. The van der Waals surface area contributed by atoms with E-state index in [9.17, 15) is 14.9 Å². The summed E-state index contributed by atoms with van der Waals surface area (Å²) in [5.74, 6) is 0.00855. The normalized spacial score (nSPS) is 13.4. The third kappa shape index (κ3) is 3.33. The van der Waals surface area contributed by atoms with Gasteiger partial charge in [-0.15, -0.1) is 0 Å². The molecule has 8 heteroatoms. The number of fused-ring (bicyclic) bond motifs is 3. The van der Waals surface area contributed by atoms with Crippen LogP contribution in [0, 0.1) is 24.0 Å². The molecule has 1 aliphatic rings. The van der Waals surface area contributed by atoms with Crippen molar-refractivity contribution in [2.75, 3.05) is 6.54 Å². The summed E-state index contributed by atoms with van der Waals surface area (Å²) in [6.07, 6.45) is 0.810. The smallest absolute Gasteiger partial charge is 0.312 e. The van der Waals surface area contributed by atoms with Crippen molar-refractivity contribution < 1.29 is 9.72 Å². The molecule has 5 rings (SSSR count). The van der Waals surface area contributed by atoms with Gasteiger partial charge in [-0.25, -0.2) is 0 Å². The highest BCUT2D eigenvalue weighted by atomic mass is 16.6. The van der Waals surface area contributed by atoms with Gasteiger partial charge in [0.25, 0.3) is 5.91 Å². The van der Waals surface area contributed by atoms with E-state index in [1.54, 1.807) is 18.5 Å². The van der Waals surface area contributed by atoms with E-state index in [1.165, 1.54) is 16.6 Å². The number of amides is 1. The number of nitrogens with one attached hydrogen (secondary N) is 1. The van der Waals surface area contributed by atoms with Gasteiger partial charge in [0.2, 0.25) is 0 Å². The van der Waals surface area contributed by atoms with Gasteiger partial charge in [0.15, 0.2) is 0 Å². The molecule has 162 valence electrons. The number of carbonyl (C=O) groups is 1. The maximum absolute atomic E-state index is 13.1. The van der Waals surface area contributed by atoms with Crippen LogP contribution < -0.4 is 0 Å². The second-order valence-electron chi connectivity index (χ2n) is 8.24. The van der Waals surface area contributed by atoms with Crippen LogP contribution >= 0.6 is 0 Å². The second kappa shape index (κ2) is 7.64. The van der Waals surface area contributed by atoms with E-state index in [1.807, 2.05) is 41.3 Å². The van der Waals surface area contributed by atoms with Crippen LogP contribution in [-0.2, 0) is 19.5 Å². The first kappa shape index (κ1) is 20.0. The molecule has 0 saturated carbocycles. The number of nitrogens with zero attached hydrogens (tertiary/aromatic N) is 4. The molecule has 0 aliphatic carbocycles. The standard InChI is InChI=1S/C24H23N5O3/c1-15-23(29(31)32)16(2)28(26-15)13-17-7-9-18(10-8-17)24(30)27-12-11-22-20(14-27)19-5-3-4-6-21(19)25-22/h3-10,25H,11-14H2,1-2H3. The van der Waals surface area contributed by atoms with Crippen molar-refractivity contribution in [3.8, 4) is 0 Å². The van der Waals surface area contributed by atoms with Crippen LogP contribution in [0.3, 0.4) is 0 Å². The quantitative estimate of drug-likeness (QED) is 0.389. The predicted molar refractivity (Wildman–Crippen MR) is 121 cm³/mol. The molecular weight excluding hydrogens is 406 g/mol. The Hall–Kier alpha value is -3.94. The number of aromatic nitrogens is 3. The van der Waals surface area contributed by atoms with Gasteiger partial charge in [-0.3, -0.25) is 19.6 Å². The lowest BCUT2D eigenvalue weighted by Gasteiger charge is -2.27. The predicted octanol–water partition coefficient (Wildman–Crippen LogP) is 4.14. The Morgan fingerprint density at radius 1 is 1.16 bits per heavy atom. The van der Waals surface area contributed by atoms with Gasteiger partial charge in [-0.05, 0) is 37.6 Å². The Morgan fingerprint density at radius 2 is 1.91 bits per heavy atom. The topological polar surface area (TPSA) is 97.1 Å². The van der Waals surface area contributed by atoms with E-state index in [2.05, 4.69) is 22.2 Å². The van der Waals surface area contributed by atoms with Crippen LogP contribution in [0.5, 0.6) is 0 Å². The Kier molecular flexibility index (Phi) is 4.77. The molecule has 2 aromatic heterocycles. The first-order valence-electron chi connectivity index (χ1n) is 10.6. The number of rotatable bonds is 4. The molecule has 0 atom stereocenters. The number of aromatic amines is 1. The number of benzene rings is 2. The van der Waals surface area contributed by atoms with Gasteiger partial charge in [0, 0.05) is 47.2 Å². The van der Waals surface area contributed by atoms with E-state index < -0.39 is 4.92 Å². The van der Waals surface area contributed by atoms with Crippen molar-refractivity contribution >= 4 is 22.5 Å². The van der Waals surface area contributed by atoms with E-state index in [-0.39, 0.29) is 11.6 Å². The molecule has 1 N–H and O–H groups in total. The average molecular weight is 429 g/mol. The molecule has 2 aromatic carbocycles. The highest BCUT2D eigenvalue weighted by Crippen LogP contribution is 2.28. The third-order valence-electron chi connectivity index (χ3n) is 6.23. The molecule has 0 spiro atoms. The molecule has 0 bridgehead atoms. The van der Waals surface area contributed by atoms with Crippen molar-refractivity contribution in [2.45, 2.75) is 33.4 Å². The van der Waals surface area contributed by atoms with E-state index >= 15 is 0 Å². The Balaban J connectivity index is 1.33. The molecular formula is C24H23N5O3. The minimum atomic E-state index is -0.395. The summed E-state index contributed by atoms with van der Waals surface area (Å²) >= 11 is 0. The molecule has 0 radical (unpaired) electrons. The van der Waals surface area contributed by atoms with Crippen molar-refractivity contribution in [3.63, 3.8) is 0 Å². The maximum atomic E-state index is 13.1. The number of para-hydroxylation sites is 1. The van der Waals surface area contributed by atoms with Crippen LogP contribution in [0.4, 0.5) is 5.69 Å². The van der Waals surface area contributed by atoms with Crippen LogP contribution in [0.15, 0.2) is 48.5 Å². The molecule has 1 aliphatic heterocycles. The molecule has 8 nitrogen and oxygen atoms in total. The summed E-state index contributed by atoms with van der Waals surface area (Å²) in [6.45, 7) is 5.02. The number of hydrogen-bond acceptors (Lipinski definition) is 4. The van der Waals surface area contributed by atoms with Crippen molar-refractivity contribution in [1.29, 1.82) is 0 Å². The maximum Gasteiger partial charge on any atom is 0.312 e. The summed E-state index contributed by atoms with van der Waals surface area (Å²) in [5, 5.41) is 16.7. The summed E-state index contributed by atoms with van der Waals surface area (Å²) in [4.78, 5) is 29.3. The summed E-state index contributed by atoms with van der Waals surface area (Å²) < 4.78 is 1.63. The average Bonchev–Trinajstić information content (AvgIpc) is 3.29. The zero-order chi connectivity index (χ0) is 22.4. The highest BCUT2D eigenvalue weighted by Gasteiger charge is 2.25. The van der Waals surface area contributed by atoms with Crippen LogP contribution in [-0.4, -0.2) is 37.0 Å². The molecule has 4 aromatic rings. The number of hydrogen-bond donors (Lipinski definition) is 1. The monoisotopic (exact) mass is 429 g/mol. The van der Waals surface area contributed by atoms with Gasteiger partial charge in [0.05, 0.1) is 11.5 Å². The lowest BCUT2D eigenvalue weighted by atomic mass is 10.0. The minimum absolute atomic E-state index is 0.00855. The number of carbonyl (C=O) groups excluding carboxylic acids is 1. The fourth-order valence-corrected chi connectivity index (χ4v) is 4.55. The zero-order valence-electron chi connectivity index (χ0n) is 18.0. The van der Waals surface area contributed by atoms with Crippen molar-refractivity contribution in [3.05, 3.63) is 92.4 Å². The minimum Gasteiger partial charge on any atom is -0.358 e.